The van der Waals surface area contributed by atoms with Crippen molar-refractivity contribution >= 4 is 17.2 Å². The highest BCUT2D eigenvalue weighted by atomic mass is 32.1. The molecule has 23 heavy (non-hydrogen) atoms. The highest BCUT2D eigenvalue weighted by Crippen LogP contribution is 2.34. The van der Waals surface area contributed by atoms with E-state index < -0.39 is 0 Å². The first-order chi connectivity index (χ1) is 11.2. The minimum Gasteiger partial charge on any atom is -0.364 e. The molecule has 1 aromatic heterocycles. The van der Waals surface area contributed by atoms with Gasteiger partial charge in [0.15, 0.2) is 0 Å². The van der Waals surface area contributed by atoms with Crippen molar-refractivity contribution in [2.45, 2.75) is 51.4 Å². The van der Waals surface area contributed by atoms with Crippen LogP contribution in [0, 0.1) is 18.8 Å². The summed E-state index contributed by atoms with van der Waals surface area (Å²) in [5, 5.41) is 3.07. The molecule has 5 nitrogen and oxygen atoms in total. The molecule has 4 rings (SSSR count). The van der Waals surface area contributed by atoms with Gasteiger partial charge in [0.05, 0.1) is 17.3 Å². The summed E-state index contributed by atoms with van der Waals surface area (Å²) in [4.78, 5) is 20.4. The van der Waals surface area contributed by atoms with Crippen LogP contribution < -0.4 is 5.32 Å². The third-order valence-corrected chi connectivity index (χ3v) is 6.32. The number of likely N-dealkylation sites (tertiary alicyclic amines) is 1. The van der Waals surface area contributed by atoms with E-state index in [4.69, 9.17) is 4.74 Å². The molecule has 3 heterocycles. The molecule has 1 aromatic rings. The van der Waals surface area contributed by atoms with E-state index in [1.165, 1.54) is 17.7 Å². The minimum atomic E-state index is -0.228. The standard InChI is InChI=1S/C17H25N3O2S/c1-11-16(23-10-19-11)9-20-5-4-13-6-14(22-15(13)8-20)17(21)18-7-12-2-3-12/h10,12-15H,2-9H2,1H3,(H,18,21)/t13-,14-,15+/m0/s1. The second kappa shape index (κ2) is 6.49. The van der Waals surface area contributed by atoms with Crippen LogP contribution in [0.4, 0.5) is 0 Å². The van der Waals surface area contributed by atoms with Gasteiger partial charge in [-0.15, -0.1) is 11.3 Å². The molecule has 3 fully saturated rings. The molecule has 1 saturated carbocycles. The number of hydrogen-bond acceptors (Lipinski definition) is 5. The molecule has 0 aromatic carbocycles. The summed E-state index contributed by atoms with van der Waals surface area (Å²) >= 11 is 1.73. The molecule has 1 aliphatic carbocycles. The van der Waals surface area contributed by atoms with Crippen LogP contribution in [0.1, 0.15) is 36.3 Å². The molecule has 3 atom stereocenters. The average Bonchev–Trinajstić information content (AvgIpc) is 3.15. The Balaban J connectivity index is 1.29. The lowest BCUT2D eigenvalue weighted by Crippen LogP contribution is -2.42. The molecule has 0 spiro atoms. The van der Waals surface area contributed by atoms with Crippen LogP contribution in [0.3, 0.4) is 0 Å². The van der Waals surface area contributed by atoms with Gasteiger partial charge >= 0.3 is 0 Å². The van der Waals surface area contributed by atoms with E-state index in [0.717, 1.165) is 50.6 Å². The van der Waals surface area contributed by atoms with Gasteiger partial charge in [-0.25, -0.2) is 4.98 Å². The van der Waals surface area contributed by atoms with Gasteiger partial charge in [-0.1, -0.05) is 0 Å². The predicted molar refractivity (Wildman–Crippen MR) is 89.2 cm³/mol. The van der Waals surface area contributed by atoms with Gasteiger partial charge in [0.25, 0.3) is 0 Å². The summed E-state index contributed by atoms with van der Waals surface area (Å²) in [7, 11) is 0. The zero-order valence-corrected chi connectivity index (χ0v) is 14.5. The first kappa shape index (κ1) is 15.5. The van der Waals surface area contributed by atoms with Crippen LogP contribution in [-0.4, -0.2) is 47.6 Å². The zero-order chi connectivity index (χ0) is 15.8. The first-order valence-electron chi connectivity index (χ1n) is 8.73. The summed E-state index contributed by atoms with van der Waals surface area (Å²) in [5.41, 5.74) is 3.06. The van der Waals surface area contributed by atoms with Gasteiger partial charge in [-0.3, -0.25) is 9.69 Å². The van der Waals surface area contributed by atoms with Gasteiger partial charge in [-0.2, -0.15) is 0 Å². The number of amides is 1. The van der Waals surface area contributed by atoms with Crippen molar-refractivity contribution in [1.82, 2.24) is 15.2 Å². The predicted octanol–water partition coefficient (Wildman–Crippen LogP) is 1.96. The lowest BCUT2D eigenvalue weighted by atomic mass is 9.91. The zero-order valence-electron chi connectivity index (χ0n) is 13.7. The largest absolute Gasteiger partial charge is 0.364 e. The summed E-state index contributed by atoms with van der Waals surface area (Å²) in [6.07, 6.45) is 4.55. The van der Waals surface area contributed by atoms with Crippen molar-refractivity contribution in [3.8, 4) is 0 Å². The van der Waals surface area contributed by atoms with Crippen molar-refractivity contribution in [2.24, 2.45) is 11.8 Å². The Kier molecular flexibility index (Phi) is 4.39. The van der Waals surface area contributed by atoms with Crippen LogP contribution in [0.2, 0.25) is 0 Å². The van der Waals surface area contributed by atoms with Gasteiger partial charge in [0.1, 0.15) is 6.10 Å². The van der Waals surface area contributed by atoms with Gasteiger partial charge in [-0.05, 0) is 51.0 Å². The van der Waals surface area contributed by atoms with E-state index in [2.05, 4.69) is 22.1 Å². The molecule has 2 saturated heterocycles. The van der Waals surface area contributed by atoms with Crippen LogP contribution in [0.25, 0.3) is 0 Å². The number of ether oxygens (including phenoxy) is 1. The molecule has 6 heteroatoms. The second-order valence-corrected chi connectivity index (χ2v) is 8.17. The number of piperidine rings is 1. The lowest BCUT2D eigenvalue weighted by molar-refractivity contribution is -0.132. The van der Waals surface area contributed by atoms with Crippen molar-refractivity contribution in [3.05, 3.63) is 16.1 Å². The SMILES string of the molecule is Cc1ncsc1CN1CC[C@H]2C[C@@H](C(=O)NCC3CC3)O[C@@H]2C1. The highest BCUT2D eigenvalue weighted by molar-refractivity contribution is 7.09. The monoisotopic (exact) mass is 335 g/mol. The average molecular weight is 335 g/mol. The number of thiazole rings is 1. The second-order valence-electron chi connectivity index (χ2n) is 7.23. The molecule has 1 amide bonds. The third kappa shape index (κ3) is 3.59. The Hall–Kier alpha value is -0.980. The Morgan fingerprint density at radius 2 is 2.35 bits per heavy atom. The maximum absolute atomic E-state index is 12.2. The topological polar surface area (TPSA) is 54.5 Å². The van der Waals surface area contributed by atoms with E-state index in [1.807, 2.05) is 5.51 Å². The molecule has 126 valence electrons. The van der Waals surface area contributed by atoms with E-state index in [-0.39, 0.29) is 18.1 Å². The number of rotatable bonds is 5. The Morgan fingerprint density at radius 1 is 1.48 bits per heavy atom. The minimum absolute atomic E-state index is 0.108. The van der Waals surface area contributed by atoms with Crippen LogP contribution in [0.15, 0.2) is 5.51 Å². The molecule has 0 bridgehead atoms. The molecule has 0 radical (unpaired) electrons. The smallest absolute Gasteiger partial charge is 0.249 e. The Morgan fingerprint density at radius 3 is 3.09 bits per heavy atom. The van der Waals surface area contributed by atoms with Gasteiger partial charge in [0.2, 0.25) is 5.91 Å². The maximum Gasteiger partial charge on any atom is 0.249 e. The van der Waals surface area contributed by atoms with Crippen molar-refractivity contribution < 1.29 is 9.53 Å². The first-order valence-corrected chi connectivity index (χ1v) is 9.61. The molecule has 3 aliphatic rings. The van der Waals surface area contributed by atoms with E-state index in [9.17, 15) is 4.79 Å². The number of aryl methyl sites for hydroxylation is 1. The van der Waals surface area contributed by atoms with Gasteiger partial charge in [0, 0.05) is 24.5 Å². The molecule has 1 N–H and O–H groups in total. The Labute approximate surface area is 141 Å². The summed E-state index contributed by atoms with van der Waals surface area (Å²) in [5.74, 6) is 1.38. The molecular formula is C17H25N3O2S. The van der Waals surface area contributed by atoms with Crippen molar-refractivity contribution in [3.63, 3.8) is 0 Å². The number of nitrogens with one attached hydrogen (secondary N) is 1. The summed E-state index contributed by atoms with van der Waals surface area (Å²) in [6, 6.07) is 0. The van der Waals surface area contributed by atoms with E-state index in [1.54, 1.807) is 11.3 Å². The van der Waals surface area contributed by atoms with Crippen LogP contribution in [-0.2, 0) is 16.1 Å². The fraction of sp³-hybridized carbons (Fsp3) is 0.765. The summed E-state index contributed by atoms with van der Waals surface area (Å²) in [6.45, 7) is 5.91. The molecule has 0 unspecified atom stereocenters. The normalized spacial score (nSPS) is 31.1. The van der Waals surface area contributed by atoms with Crippen molar-refractivity contribution in [1.29, 1.82) is 0 Å². The third-order valence-electron chi connectivity index (χ3n) is 5.40. The summed E-state index contributed by atoms with van der Waals surface area (Å²) < 4.78 is 6.09. The quantitative estimate of drug-likeness (QED) is 0.894. The molecule has 2 aliphatic heterocycles. The fourth-order valence-corrected chi connectivity index (χ4v) is 4.49. The number of aromatic nitrogens is 1. The number of nitrogens with zero attached hydrogens (tertiary/aromatic N) is 2. The lowest BCUT2D eigenvalue weighted by Gasteiger charge is -2.33. The van der Waals surface area contributed by atoms with Crippen LogP contribution in [0.5, 0.6) is 0 Å². The molecular weight excluding hydrogens is 310 g/mol. The van der Waals surface area contributed by atoms with Gasteiger partial charge < -0.3 is 10.1 Å². The van der Waals surface area contributed by atoms with Crippen LogP contribution >= 0.6 is 11.3 Å². The maximum atomic E-state index is 12.2. The Bertz CT molecular complexity index is 572. The van der Waals surface area contributed by atoms with E-state index in [0.29, 0.717) is 5.92 Å². The van der Waals surface area contributed by atoms with E-state index >= 15 is 0 Å². The number of carbonyl (C=O) groups is 1. The fourth-order valence-electron chi connectivity index (χ4n) is 3.67. The number of hydrogen-bond donors (Lipinski definition) is 1. The number of carbonyl (C=O) groups excluding carboxylic acids is 1. The highest BCUT2D eigenvalue weighted by Gasteiger charge is 2.42. The van der Waals surface area contributed by atoms with Crippen molar-refractivity contribution in [2.75, 3.05) is 19.6 Å². The number of fused-ring (bicyclic) bond motifs is 1.